The highest BCUT2D eigenvalue weighted by Gasteiger charge is 2.50. The fraction of sp³-hybridized carbons (Fsp3) is 0.389. The maximum atomic E-state index is 12.7. The highest BCUT2D eigenvalue weighted by Crippen LogP contribution is 2.41. The Bertz CT molecular complexity index is 872. The predicted octanol–water partition coefficient (Wildman–Crippen LogP) is 4.57. The third-order valence-electron chi connectivity index (χ3n) is 5.08. The molecule has 1 aromatic heterocycles. The second-order valence-electron chi connectivity index (χ2n) is 6.76. The molecule has 5 nitrogen and oxygen atoms in total. The molecule has 0 spiro atoms. The molecule has 26 heavy (non-hydrogen) atoms. The van der Waals surface area contributed by atoms with Gasteiger partial charge in [-0.1, -0.05) is 53.7 Å². The molecule has 2 aliphatic rings. The van der Waals surface area contributed by atoms with E-state index in [-0.39, 0.29) is 34.5 Å². The molecule has 136 valence electrons. The van der Waals surface area contributed by atoms with Crippen LogP contribution in [0.5, 0.6) is 0 Å². The zero-order chi connectivity index (χ0) is 18.4. The standard InChI is InChI=1S/C18H16Cl3N3O2/c19-13-6-5-10(7-14(13)20)8-23-9-15(21)16(22-23)24-17(25)11-3-1-2-4-12(11)18(24)26/h5-7,9,11-12H,1-4,8H2. The Hall–Kier alpha value is -1.56. The third-order valence-corrected chi connectivity index (χ3v) is 6.09. The molecular formula is C18H16Cl3N3O2. The van der Waals surface area contributed by atoms with E-state index in [0.717, 1.165) is 31.2 Å². The van der Waals surface area contributed by atoms with Crippen LogP contribution >= 0.6 is 34.8 Å². The summed E-state index contributed by atoms with van der Waals surface area (Å²) in [7, 11) is 0. The Morgan fingerprint density at radius 1 is 0.962 bits per heavy atom. The van der Waals surface area contributed by atoms with E-state index in [9.17, 15) is 9.59 Å². The van der Waals surface area contributed by atoms with Crippen molar-refractivity contribution in [3.8, 4) is 0 Å². The summed E-state index contributed by atoms with van der Waals surface area (Å²) in [6.07, 6.45) is 5.09. The van der Waals surface area contributed by atoms with Crippen molar-refractivity contribution in [1.29, 1.82) is 0 Å². The number of carbonyl (C=O) groups excluding carboxylic acids is 2. The summed E-state index contributed by atoms with van der Waals surface area (Å²) >= 11 is 18.3. The number of anilines is 1. The Morgan fingerprint density at radius 2 is 1.62 bits per heavy atom. The van der Waals surface area contributed by atoms with Gasteiger partial charge >= 0.3 is 0 Å². The van der Waals surface area contributed by atoms with Crippen molar-refractivity contribution in [1.82, 2.24) is 9.78 Å². The van der Waals surface area contributed by atoms with Gasteiger partial charge in [0, 0.05) is 6.20 Å². The fourth-order valence-electron chi connectivity index (χ4n) is 3.82. The molecule has 1 saturated carbocycles. The maximum Gasteiger partial charge on any atom is 0.238 e. The van der Waals surface area contributed by atoms with Crippen molar-refractivity contribution >= 4 is 52.4 Å². The smallest absolute Gasteiger partial charge is 0.238 e. The Balaban J connectivity index is 1.61. The van der Waals surface area contributed by atoms with E-state index < -0.39 is 0 Å². The average Bonchev–Trinajstić information content (AvgIpc) is 3.09. The predicted molar refractivity (Wildman–Crippen MR) is 101 cm³/mol. The summed E-state index contributed by atoms with van der Waals surface area (Å²) < 4.78 is 1.60. The molecule has 2 unspecified atom stereocenters. The van der Waals surface area contributed by atoms with Crippen LogP contribution in [-0.4, -0.2) is 21.6 Å². The van der Waals surface area contributed by atoms with Crippen molar-refractivity contribution < 1.29 is 9.59 Å². The number of hydrogen-bond acceptors (Lipinski definition) is 3. The number of carbonyl (C=O) groups is 2. The SMILES string of the molecule is O=C1C2CCCCC2C(=O)N1c1nn(Cc2ccc(Cl)c(Cl)c2)cc1Cl. The molecule has 0 N–H and O–H groups in total. The average molecular weight is 413 g/mol. The van der Waals surface area contributed by atoms with Gasteiger partial charge < -0.3 is 0 Å². The molecule has 1 saturated heterocycles. The largest absolute Gasteiger partial charge is 0.274 e. The molecule has 0 radical (unpaired) electrons. The lowest BCUT2D eigenvalue weighted by atomic mass is 9.81. The van der Waals surface area contributed by atoms with Crippen molar-refractivity contribution in [2.45, 2.75) is 32.2 Å². The van der Waals surface area contributed by atoms with Crippen molar-refractivity contribution in [2.24, 2.45) is 11.8 Å². The summed E-state index contributed by atoms with van der Waals surface area (Å²) in [5.41, 5.74) is 0.887. The van der Waals surface area contributed by atoms with E-state index >= 15 is 0 Å². The Morgan fingerprint density at radius 3 is 2.23 bits per heavy atom. The van der Waals surface area contributed by atoms with E-state index in [1.165, 1.54) is 4.90 Å². The van der Waals surface area contributed by atoms with Gasteiger partial charge in [-0.2, -0.15) is 5.10 Å². The normalized spacial score (nSPS) is 22.8. The van der Waals surface area contributed by atoms with Crippen LogP contribution in [0.15, 0.2) is 24.4 Å². The van der Waals surface area contributed by atoms with Crippen LogP contribution in [-0.2, 0) is 16.1 Å². The molecular weight excluding hydrogens is 397 g/mol. The minimum absolute atomic E-state index is 0.179. The van der Waals surface area contributed by atoms with Crippen molar-refractivity contribution in [3.05, 3.63) is 45.0 Å². The molecule has 0 bridgehead atoms. The number of imide groups is 1. The molecule has 2 aromatic rings. The number of nitrogens with zero attached hydrogens (tertiary/aromatic N) is 3. The van der Waals surface area contributed by atoms with Crippen LogP contribution in [0.4, 0.5) is 5.82 Å². The van der Waals surface area contributed by atoms with Gasteiger partial charge in [-0.15, -0.1) is 0 Å². The number of benzene rings is 1. The molecule has 2 atom stereocenters. The number of hydrogen-bond donors (Lipinski definition) is 0. The monoisotopic (exact) mass is 411 g/mol. The number of aromatic nitrogens is 2. The first-order chi connectivity index (χ1) is 12.5. The van der Waals surface area contributed by atoms with Gasteiger partial charge in [0.1, 0.15) is 5.02 Å². The van der Waals surface area contributed by atoms with Crippen LogP contribution in [0.2, 0.25) is 15.1 Å². The molecule has 1 aliphatic carbocycles. The van der Waals surface area contributed by atoms with Crippen LogP contribution in [0.1, 0.15) is 31.2 Å². The van der Waals surface area contributed by atoms with Crippen LogP contribution in [0.3, 0.4) is 0 Å². The highest BCUT2D eigenvalue weighted by molar-refractivity contribution is 6.42. The molecule has 4 rings (SSSR count). The minimum atomic E-state index is -0.229. The van der Waals surface area contributed by atoms with E-state index in [2.05, 4.69) is 5.10 Å². The third kappa shape index (κ3) is 3.02. The van der Waals surface area contributed by atoms with Gasteiger partial charge in [0.15, 0.2) is 5.82 Å². The lowest BCUT2D eigenvalue weighted by molar-refractivity contribution is -0.122. The van der Waals surface area contributed by atoms with Gasteiger partial charge in [0.2, 0.25) is 11.8 Å². The summed E-state index contributed by atoms with van der Waals surface area (Å²) in [5.74, 6) is -0.598. The number of rotatable bonds is 3. The summed E-state index contributed by atoms with van der Waals surface area (Å²) in [5, 5.41) is 5.61. The van der Waals surface area contributed by atoms with Gasteiger partial charge in [-0.05, 0) is 30.5 Å². The first-order valence-corrected chi connectivity index (χ1v) is 9.64. The minimum Gasteiger partial charge on any atom is -0.274 e. The Labute approximate surface area is 165 Å². The zero-order valence-corrected chi connectivity index (χ0v) is 16.1. The van der Waals surface area contributed by atoms with E-state index in [0.29, 0.717) is 16.6 Å². The lowest BCUT2D eigenvalue weighted by Crippen LogP contribution is -2.31. The summed E-state index contributed by atoms with van der Waals surface area (Å²) in [6, 6.07) is 5.30. The van der Waals surface area contributed by atoms with Crippen LogP contribution in [0.25, 0.3) is 0 Å². The molecule has 2 amide bonds. The summed E-state index contributed by atoms with van der Waals surface area (Å²) in [4.78, 5) is 26.6. The van der Waals surface area contributed by atoms with Gasteiger partial charge in [0.05, 0.1) is 28.4 Å². The first-order valence-electron chi connectivity index (χ1n) is 8.50. The van der Waals surface area contributed by atoms with E-state index in [4.69, 9.17) is 34.8 Å². The van der Waals surface area contributed by atoms with Crippen LogP contribution < -0.4 is 4.90 Å². The number of fused-ring (bicyclic) bond motifs is 1. The second-order valence-corrected chi connectivity index (χ2v) is 7.98. The fourth-order valence-corrected chi connectivity index (χ4v) is 4.37. The lowest BCUT2D eigenvalue weighted by Gasteiger charge is -2.19. The highest BCUT2D eigenvalue weighted by atomic mass is 35.5. The van der Waals surface area contributed by atoms with Gasteiger partial charge in [-0.3, -0.25) is 14.3 Å². The molecule has 1 aromatic carbocycles. The van der Waals surface area contributed by atoms with E-state index in [1.807, 2.05) is 6.07 Å². The van der Waals surface area contributed by atoms with Gasteiger partial charge in [-0.25, -0.2) is 4.90 Å². The Kier molecular flexibility index (Phi) is 4.71. The first kappa shape index (κ1) is 17.8. The van der Waals surface area contributed by atoms with Crippen molar-refractivity contribution in [2.75, 3.05) is 4.90 Å². The molecule has 8 heteroatoms. The maximum absolute atomic E-state index is 12.7. The van der Waals surface area contributed by atoms with Gasteiger partial charge in [0.25, 0.3) is 0 Å². The van der Waals surface area contributed by atoms with Crippen molar-refractivity contribution in [3.63, 3.8) is 0 Å². The molecule has 2 fully saturated rings. The summed E-state index contributed by atoms with van der Waals surface area (Å²) in [6.45, 7) is 0.402. The molecule has 2 heterocycles. The van der Waals surface area contributed by atoms with E-state index in [1.54, 1.807) is 23.0 Å². The van der Waals surface area contributed by atoms with Crippen LogP contribution in [0, 0.1) is 11.8 Å². The second kappa shape index (κ2) is 6.87. The zero-order valence-electron chi connectivity index (χ0n) is 13.8. The molecule has 1 aliphatic heterocycles. The number of halogens is 3. The topological polar surface area (TPSA) is 55.2 Å². The quantitative estimate of drug-likeness (QED) is 0.694. The number of amides is 2.